The molecule has 1 aromatic carbocycles. The Balaban J connectivity index is 2.18. The Morgan fingerprint density at radius 3 is 2.88 bits per heavy atom. The Morgan fingerprint density at radius 1 is 1.46 bits per heavy atom. The molecular formula is C17H24FN3O3. The number of nitro benzene ring substituents is 1. The minimum Gasteiger partial charge on any atom is -0.362 e. The van der Waals surface area contributed by atoms with Gasteiger partial charge in [0.15, 0.2) is 0 Å². The maximum Gasteiger partial charge on any atom is 0.292 e. The fourth-order valence-corrected chi connectivity index (χ4v) is 3.07. The molecule has 6 nitrogen and oxygen atoms in total. The molecule has 2 rings (SSSR count). The number of nitrogens with zero attached hydrogens (tertiary/aromatic N) is 2. The summed E-state index contributed by atoms with van der Waals surface area (Å²) in [6.07, 6.45) is 3.40. The summed E-state index contributed by atoms with van der Waals surface area (Å²) in [5.41, 5.74) is 0.119. The molecular weight excluding hydrogens is 313 g/mol. The largest absolute Gasteiger partial charge is 0.362 e. The van der Waals surface area contributed by atoms with E-state index >= 15 is 0 Å². The number of nitro groups is 1. The molecule has 0 bridgehead atoms. The monoisotopic (exact) mass is 337 g/mol. The van der Waals surface area contributed by atoms with Gasteiger partial charge in [-0.1, -0.05) is 13.3 Å². The third kappa shape index (κ3) is 4.21. The number of hydrogen-bond acceptors (Lipinski definition) is 4. The van der Waals surface area contributed by atoms with Gasteiger partial charge in [0, 0.05) is 31.3 Å². The number of halogens is 1. The number of carbonyl (C=O) groups is 1. The van der Waals surface area contributed by atoms with Crippen LogP contribution in [0.15, 0.2) is 18.2 Å². The molecule has 1 saturated heterocycles. The van der Waals surface area contributed by atoms with Crippen molar-refractivity contribution in [2.24, 2.45) is 5.92 Å². The summed E-state index contributed by atoms with van der Waals surface area (Å²) >= 11 is 0. The van der Waals surface area contributed by atoms with E-state index in [1.165, 1.54) is 12.1 Å². The molecule has 1 aliphatic heterocycles. The van der Waals surface area contributed by atoms with E-state index in [-0.39, 0.29) is 29.2 Å². The number of hydrogen-bond donors (Lipinski definition) is 1. The summed E-state index contributed by atoms with van der Waals surface area (Å²) in [6.45, 7) is 5.00. The SMILES string of the molecule is CCCCNC(=O)C1CCC(C)N(c2cc(F)ccc2[N+](=O)[O-])C1. The number of carbonyl (C=O) groups excluding carboxylic acids is 1. The second-order valence-electron chi connectivity index (χ2n) is 6.31. The van der Waals surface area contributed by atoms with Crippen molar-refractivity contribution in [1.29, 1.82) is 0 Å². The second kappa shape index (κ2) is 8.08. The average Bonchev–Trinajstić information content (AvgIpc) is 2.55. The van der Waals surface area contributed by atoms with E-state index in [0.717, 1.165) is 31.7 Å². The summed E-state index contributed by atoms with van der Waals surface area (Å²) in [5.74, 6) is -0.780. The molecule has 2 unspecified atom stereocenters. The number of nitrogens with one attached hydrogen (secondary N) is 1. The lowest BCUT2D eigenvalue weighted by Gasteiger charge is -2.38. The predicted octanol–water partition coefficient (Wildman–Crippen LogP) is 3.26. The van der Waals surface area contributed by atoms with Gasteiger partial charge in [0.05, 0.1) is 10.8 Å². The molecule has 1 aromatic rings. The molecule has 1 amide bonds. The highest BCUT2D eigenvalue weighted by atomic mass is 19.1. The van der Waals surface area contributed by atoms with Gasteiger partial charge in [-0.2, -0.15) is 0 Å². The Bertz CT molecular complexity index is 609. The van der Waals surface area contributed by atoms with E-state index in [0.29, 0.717) is 13.1 Å². The summed E-state index contributed by atoms with van der Waals surface area (Å²) in [6, 6.07) is 3.48. The molecule has 0 radical (unpaired) electrons. The lowest BCUT2D eigenvalue weighted by Crippen LogP contribution is -2.47. The smallest absolute Gasteiger partial charge is 0.292 e. The molecule has 1 N–H and O–H groups in total. The van der Waals surface area contributed by atoms with Gasteiger partial charge < -0.3 is 10.2 Å². The maximum absolute atomic E-state index is 13.6. The zero-order valence-electron chi connectivity index (χ0n) is 14.1. The zero-order valence-corrected chi connectivity index (χ0v) is 14.1. The number of anilines is 1. The number of amides is 1. The van der Waals surface area contributed by atoms with Crippen LogP contribution in [0.2, 0.25) is 0 Å². The fraction of sp³-hybridized carbons (Fsp3) is 0.588. The molecule has 24 heavy (non-hydrogen) atoms. The van der Waals surface area contributed by atoms with Gasteiger partial charge >= 0.3 is 0 Å². The minimum atomic E-state index is -0.516. The number of rotatable bonds is 6. The van der Waals surface area contributed by atoms with Crippen LogP contribution in [0.25, 0.3) is 0 Å². The van der Waals surface area contributed by atoms with Gasteiger partial charge in [-0.05, 0) is 32.3 Å². The predicted molar refractivity (Wildman–Crippen MR) is 90.5 cm³/mol. The molecule has 0 aliphatic carbocycles. The lowest BCUT2D eigenvalue weighted by molar-refractivity contribution is -0.384. The van der Waals surface area contributed by atoms with Crippen molar-refractivity contribution in [2.45, 2.75) is 45.6 Å². The van der Waals surface area contributed by atoms with Crippen LogP contribution >= 0.6 is 0 Å². The van der Waals surface area contributed by atoms with Crippen molar-refractivity contribution < 1.29 is 14.1 Å². The molecule has 0 aromatic heterocycles. The quantitative estimate of drug-likeness (QED) is 0.491. The normalized spacial score (nSPS) is 20.7. The van der Waals surface area contributed by atoms with E-state index in [4.69, 9.17) is 0 Å². The summed E-state index contributed by atoms with van der Waals surface area (Å²) in [7, 11) is 0. The van der Waals surface area contributed by atoms with E-state index in [2.05, 4.69) is 12.2 Å². The van der Waals surface area contributed by atoms with Gasteiger partial charge in [0.25, 0.3) is 5.69 Å². The van der Waals surface area contributed by atoms with Gasteiger partial charge in [0.1, 0.15) is 11.5 Å². The Kier molecular flexibility index (Phi) is 6.11. The van der Waals surface area contributed by atoms with Gasteiger partial charge in [-0.25, -0.2) is 4.39 Å². The second-order valence-corrected chi connectivity index (χ2v) is 6.31. The Labute approximate surface area is 141 Å². The average molecular weight is 337 g/mol. The molecule has 7 heteroatoms. The topological polar surface area (TPSA) is 75.5 Å². The van der Waals surface area contributed by atoms with Crippen molar-refractivity contribution in [1.82, 2.24) is 5.32 Å². The van der Waals surface area contributed by atoms with Crippen LogP contribution in [-0.4, -0.2) is 30.0 Å². The van der Waals surface area contributed by atoms with Crippen LogP contribution in [-0.2, 0) is 4.79 Å². The standard InChI is InChI=1S/C17H24FN3O3/c1-3-4-9-19-17(22)13-6-5-12(2)20(11-13)16-10-14(18)7-8-15(16)21(23)24/h7-8,10,12-13H,3-6,9,11H2,1-2H3,(H,19,22). The first-order chi connectivity index (χ1) is 11.4. The summed E-state index contributed by atoms with van der Waals surface area (Å²) in [4.78, 5) is 24.8. The van der Waals surface area contributed by atoms with E-state index < -0.39 is 10.7 Å². The maximum atomic E-state index is 13.6. The van der Waals surface area contributed by atoms with Gasteiger partial charge in [-0.3, -0.25) is 14.9 Å². The zero-order chi connectivity index (χ0) is 17.7. The Hall–Kier alpha value is -2.18. The van der Waals surface area contributed by atoms with Crippen LogP contribution < -0.4 is 10.2 Å². The van der Waals surface area contributed by atoms with Crippen LogP contribution in [0, 0.1) is 21.8 Å². The highest BCUT2D eigenvalue weighted by molar-refractivity contribution is 5.80. The summed E-state index contributed by atoms with van der Waals surface area (Å²) < 4.78 is 13.6. The van der Waals surface area contributed by atoms with Crippen molar-refractivity contribution >= 4 is 17.3 Å². The van der Waals surface area contributed by atoms with Crippen LogP contribution in [0.1, 0.15) is 39.5 Å². The first kappa shape index (κ1) is 18.2. The van der Waals surface area contributed by atoms with E-state index in [1.807, 2.05) is 6.92 Å². The van der Waals surface area contributed by atoms with E-state index in [9.17, 15) is 19.3 Å². The Morgan fingerprint density at radius 2 is 2.21 bits per heavy atom. The lowest BCUT2D eigenvalue weighted by atomic mass is 9.92. The molecule has 0 saturated carbocycles. The van der Waals surface area contributed by atoms with Crippen molar-refractivity contribution in [2.75, 3.05) is 18.0 Å². The molecule has 1 fully saturated rings. The van der Waals surface area contributed by atoms with E-state index in [1.54, 1.807) is 4.90 Å². The van der Waals surface area contributed by atoms with Crippen LogP contribution in [0.3, 0.4) is 0 Å². The molecule has 0 spiro atoms. The first-order valence-corrected chi connectivity index (χ1v) is 8.42. The van der Waals surface area contributed by atoms with Gasteiger partial charge in [0.2, 0.25) is 5.91 Å². The first-order valence-electron chi connectivity index (χ1n) is 8.42. The third-order valence-corrected chi connectivity index (χ3v) is 4.53. The molecule has 132 valence electrons. The number of piperidine rings is 1. The van der Waals surface area contributed by atoms with Gasteiger partial charge in [-0.15, -0.1) is 0 Å². The minimum absolute atomic E-state index is 0.0187. The number of unbranched alkanes of at least 4 members (excludes halogenated alkanes) is 1. The molecule has 2 atom stereocenters. The number of benzene rings is 1. The highest BCUT2D eigenvalue weighted by Gasteiger charge is 2.33. The van der Waals surface area contributed by atoms with Crippen LogP contribution in [0.4, 0.5) is 15.8 Å². The van der Waals surface area contributed by atoms with Crippen molar-refractivity contribution in [3.63, 3.8) is 0 Å². The van der Waals surface area contributed by atoms with Crippen molar-refractivity contribution in [3.8, 4) is 0 Å². The molecule has 1 heterocycles. The highest BCUT2D eigenvalue weighted by Crippen LogP contribution is 2.34. The van der Waals surface area contributed by atoms with Crippen molar-refractivity contribution in [3.05, 3.63) is 34.1 Å². The van der Waals surface area contributed by atoms with Crippen LogP contribution in [0.5, 0.6) is 0 Å². The third-order valence-electron chi connectivity index (χ3n) is 4.53. The molecule has 1 aliphatic rings. The fourth-order valence-electron chi connectivity index (χ4n) is 3.07. The summed E-state index contributed by atoms with van der Waals surface area (Å²) in [5, 5.41) is 14.2.